The Bertz CT molecular complexity index is 381. The molecule has 0 spiro atoms. The highest BCUT2D eigenvalue weighted by atomic mass is 16.5. The van der Waals surface area contributed by atoms with Gasteiger partial charge >= 0.3 is 0 Å². The number of aromatic nitrogens is 2. The van der Waals surface area contributed by atoms with Crippen LogP contribution in [0.4, 0.5) is 11.6 Å². The fraction of sp³-hybridized carbons (Fsp3) is 0.692. The summed E-state index contributed by atoms with van der Waals surface area (Å²) in [6.07, 6.45) is 0. The Hall–Kier alpha value is -1.40. The fourth-order valence-electron chi connectivity index (χ4n) is 1.95. The van der Waals surface area contributed by atoms with Crippen molar-refractivity contribution >= 4 is 11.6 Å². The molecule has 0 amide bonds. The van der Waals surface area contributed by atoms with E-state index in [0.29, 0.717) is 24.3 Å². The summed E-state index contributed by atoms with van der Waals surface area (Å²) in [5.41, 5.74) is 5.76. The van der Waals surface area contributed by atoms with Crippen molar-refractivity contribution in [2.45, 2.75) is 33.4 Å². The van der Waals surface area contributed by atoms with Gasteiger partial charge in [-0.1, -0.05) is 13.8 Å². The molecular weight excluding hydrogens is 242 g/mol. The molecule has 0 saturated carbocycles. The van der Waals surface area contributed by atoms with Gasteiger partial charge in [-0.25, -0.2) is 9.97 Å². The number of hydrogen-bond donors (Lipinski definition) is 2. The lowest BCUT2D eigenvalue weighted by molar-refractivity contribution is 0.178. The van der Waals surface area contributed by atoms with Crippen LogP contribution in [0.2, 0.25) is 0 Å². The molecule has 0 aromatic carbocycles. The maximum Gasteiger partial charge on any atom is 0.158 e. The molecule has 108 valence electrons. The third-order valence-electron chi connectivity index (χ3n) is 2.89. The van der Waals surface area contributed by atoms with Crippen LogP contribution in [0.25, 0.3) is 0 Å². The van der Waals surface area contributed by atoms with E-state index in [0.717, 1.165) is 25.5 Å². The van der Waals surface area contributed by atoms with Crippen molar-refractivity contribution in [3.05, 3.63) is 11.9 Å². The summed E-state index contributed by atoms with van der Waals surface area (Å²) in [6, 6.07) is 2.04. The van der Waals surface area contributed by atoms with Gasteiger partial charge in [0.25, 0.3) is 0 Å². The van der Waals surface area contributed by atoms with Crippen molar-refractivity contribution in [2.75, 3.05) is 37.8 Å². The van der Waals surface area contributed by atoms with Crippen molar-refractivity contribution in [2.24, 2.45) is 0 Å². The standard InChI is InChI=1S/C13H25N5O/c1-5-18(6-2)8-10(3)15-12-7-11(14)16-13(17-12)9-19-4/h7,10H,5-6,8-9H2,1-4H3,(H3,14,15,16,17). The minimum absolute atomic E-state index is 0.296. The van der Waals surface area contributed by atoms with Gasteiger partial charge in [0.15, 0.2) is 5.82 Å². The molecule has 1 aromatic rings. The second-order valence-corrected chi connectivity index (χ2v) is 4.56. The number of methoxy groups -OCH3 is 1. The van der Waals surface area contributed by atoms with Crippen molar-refractivity contribution in [1.82, 2.24) is 14.9 Å². The lowest BCUT2D eigenvalue weighted by Crippen LogP contribution is -2.35. The van der Waals surface area contributed by atoms with Crippen LogP contribution < -0.4 is 11.1 Å². The summed E-state index contributed by atoms with van der Waals surface area (Å²) in [7, 11) is 1.61. The number of likely N-dealkylation sites (N-methyl/N-ethyl adjacent to an activating group) is 1. The maximum absolute atomic E-state index is 5.76. The van der Waals surface area contributed by atoms with Gasteiger partial charge in [-0.2, -0.15) is 0 Å². The average molecular weight is 267 g/mol. The molecule has 1 atom stereocenters. The molecule has 0 aliphatic rings. The van der Waals surface area contributed by atoms with Crippen molar-refractivity contribution in [3.8, 4) is 0 Å². The maximum atomic E-state index is 5.76. The molecule has 0 saturated heterocycles. The smallest absolute Gasteiger partial charge is 0.158 e. The highest BCUT2D eigenvalue weighted by Crippen LogP contribution is 2.10. The molecule has 0 radical (unpaired) electrons. The van der Waals surface area contributed by atoms with E-state index in [1.165, 1.54) is 0 Å². The Morgan fingerprint density at radius 1 is 1.37 bits per heavy atom. The van der Waals surface area contributed by atoms with Crippen molar-refractivity contribution < 1.29 is 4.74 Å². The zero-order chi connectivity index (χ0) is 14.3. The van der Waals surface area contributed by atoms with Crippen LogP contribution in [0.1, 0.15) is 26.6 Å². The van der Waals surface area contributed by atoms with Gasteiger partial charge in [0.2, 0.25) is 0 Å². The monoisotopic (exact) mass is 267 g/mol. The second-order valence-electron chi connectivity index (χ2n) is 4.56. The first-order valence-corrected chi connectivity index (χ1v) is 6.70. The molecule has 0 bridgehead atoms. The Labute approximate surface area is 115 Å². The van der Waals surface area contributed by atoms with Crippen LogP contribution in [0.15, 0.2) is 6.07 Å². The van der Waals surface area contributed by atoms with E-state index in [1.54, 1.807) is 13.2 Å². The number of nitrogen functional groups attached to an aromatic ring is 1. The third kappa shape index (κ3) is 5.40. The second kappa shape index (κ2) is 7.91. The Balaban J connectivity index is 2.65. The first-order chi connectivity index (χ1) is 9.08. The lowest BCUT2D eigenvalue weighted by atomic mass is 10.3. The minimum Gasteiger partial charge on any atom is -0.384 e. The number of nitrogens with zero attached hydrogens (tertiary/aromatic N) is 3. The van der Waals surface area contributed by atoms with E-state index in [-0.39, 0.29) is 0 Å². The first kappa shape index (κ1) is 15.7. The van der Waals surface area contributed by atoms with E-state index in [9.17, 15) is 0 Å². The largest absolute Gasteiger partial charge is 0.384 e. The van der Waals surface area contributed by atoms with Crippen LogP contribution in [-0.4, -0.2) is 47.7 Å². The Kier molecular flexibility index (Phi) is 6.52. The molecule has 0 aliphatic carbocycles. The first-order valence-electron chi connectivity index (χ1n) is 6.70. The van der Waals surface area contributed by atoms with Crippen LogP contribution in [-0.2, 0) is 11.3 Å². The average Bonchev–Trinajstić information content (AvgIpc) is 2.35. The molecule has 19 heavy (non-hydrogen) atoms. The van der Waals surface area contributed by atoms with Gasteiger partial charge in [0.1, 0.15) is 18.2 Å². The number of nitrogens with two attached hydrogens (primary N) is 1. The quantitative estimate of drug-likeness (QED) is 0.740. The van der Waals surface area contributed by atoms with Gasteiger partial charge in [0, 0.05) is 25.8 Å². The lowest BCUT2D eigenvalue weighted by Gasteiger charge is -2.23. The zero-order valence-corrected chi connectivity index (χ0v) is 12.3. The number of hydrogen-bond acceptors (Lipinski definition) is 6. The molecule has 3 N–H and O–H groups in total. The van der Waals surface area contributed by atoms with Gasteiger partial charge in [-0.05, 0) is 20.0 Å². The number of rotatable bonds is 8. The van der Waals surface area contributed by atoms with E-state index in [2.05, 4.69) is 41.0 Å². The van der Waals surface area contributed by atoms with E-state index in [4.69, 9.17) is 10.5 Å². The van der Waals surface area contributed by atoms with Crippen molar-refractivity contribution in [1.29, 1.82) is 0 Å². The highest BCUT2D eigenvalue weighted by molar-refractivity contribution is 5.45. The molecule has 1 unspecified atom stereocenters. The Morgan fingerprint density at radius 2 is 2.05 bits per heavy atom. The normalized spacial score (nSPS) is 12.7. The Morgan fingerprint density at radius 3 is 2.63 bits per heavy atom. The molecule has 1 aromatic heterocycles. The third-order valence-corrected chi connectivity index (χ3v) is 2.89. The van der Waals surface area contributed by atoms with E-state index in [1.807, 2.05) is 0 Å². The van der Waals surface area contributed by atoms with Gasteiger partial charge in [0.05, 0.1) is 0 Å². The predicted molar refractivity (Wildman–Crippen MR) is 78.0 cm³/mol. The SMILES string of the molecule is CCN(CC)CC(C)Nc1cc(N)nc(COC)n1. The predicted octanol–water partition coefficient (Wildman–Crippen LogP) is 1.35. The van der Waals surface area contributed by atoms with Crippen molar-refractivity contribution in [3.63, 3.8) is 0 Å². The van der Waals surface area contributed by atoms with Gasteiger partial charge in [-0.3, -0.25) is 0 Å². The van der Waals surface area contributed by atoms with Crippen LogP contribution >= 0.6 is 0 Å². The fourth-order valence-corrected chi connectivity index (χ4v) is 1.95. The molecule has 1 rings (SSSR count). The van der Waals surface area contributed by atoms with Gasteiger partial charge in [-0.15, -0.1) is 0 Å². The number of nitrogens with one attached hydrogen (secondary N) is 1. The number of ether oxygens (including phenoxy) is 1. The molecule has 0 aliphatic heterocycles. The minimum atomic E-state index is 0.296. The van der Waals surface area contributed by atoms with Crippen LogP contribution in [0.5, 0.6) is 0 Å². The summed E-state index contributed by atoms with van der Waals surface area (Å²) in [5.74, 6) is 1.80. The molecular formula is C13H25N5O. The molecule has 6 nitrogen and oxygen atoms in total. The molecule has 1 heterocycles. The van der Waals surface area contributed by atoms with Crippen LogP contribution in [0, 0.1) is 0 Å². The van der Waals surface area contributed by atoms with Gasteiger partial charge < -0.3 is 20.7 Å². The van der Waals surface area contributed by atoms with E-state index < -0.39 is 0 Å². The van der Waals surface area contributed by atoms with Crippen LogP contribution in [0.3, 0.4) is 0 Å². The summed E-state index contributed by atoms with van der Waals surface area (Å²) < 4.78 is 5.03. The highest BCUT2D eigenvalue weighted by Gasteiger charge is 2.09. The molecule has 0 fully saturated rings. The molecule has 6 heteroatoms. The summed E-state index contributed by atoms with van der Waals surface area (Å²) in [4.78, 5) is 10.9. The number of anilines is 2. The summed E-state index contributed by atoms with van der Waals surface area (Å²) in [5, 5.41) is 3.35. The summed E-state index contributed by atoms with van der Waals surface area (Å²) >= 11 is 0. The summed E-state index contributed by atoms with van der Waals surface area (Å²) in [6.45, 7) is 9.88. The zero-order valence-electron chi connectivity index (χ0n) is 12.3. The topological polar surface area (TPSA) is 76.3 Å². The van der Waals surface area contributed by atoms with E-state index >= 15 is 0 Å².